The summed E-state index contributed by atoms with van der Waals surface area (Å²) in [7, 11) is -3.28. The van der Waals surface area contributed by atoms with Gasteiger partial charge in [0.05, 0.1) is 4.90 Å². The topological polar surface area (TPSA) is 49.9 Å². The molecule has 0 radical (unpaired) electrons. The lowest BCUT2D eigenvalue weighted by Gasteiger charge is -2.34. The van der Waals surface area contributed by atoms with E-state index in [1.165, 1.54) is 11.0 Å². The van der Waals surface area contributed by atoms with Crippen LogP contribution in [-0.4, -0.2) is 57.5 Å². The zero-order valence-electron chi connectivity index (χ0n) is 15.3. The number of rotatable bonds is 6. The number of hydrogen-bond acceptors (Lipinski definition) is 5. The van der Waals surface area contributed by atoms with Crippen LogP contribution in [0.1, 0.15) is 11.1 Å². The summed E-state index contributed by atoms with van der Waals surface area (Å²) in [5.41, 5.74) is 2.03. The fourth-order valence-electron chi connectivity index (χ4n) is 3.59. The van der Waals surface area contributed by atoms with Crippen LogP contribution in [-0.2, 0) is 16.4 Å². The van der Waals surface area contributed by atoms with Gasteiger partial charge in [-0.05, 0) is 23.8 Å². The number of sulfone groups is 1. The second-order valence-electron chi connectivity index (χ2n) is 6.97. The van der Waals surface area contributed by atoms with E-state index in [4.69, 9.17) is 4.74 Å². The molecule has 1 saturated heterocycles. The molecule has 0 unspecified atom stereocenters. The summed E-state index contributed by atoms with van der Waals surface area (Å²) in [5.74, 6) is 0.646. The highest BCUT2D eigenvalue weighted by atomic mass is 32.2. The second kappa shape index (κ2) is 7.84. The van der Waals surface area contributed by atoms with Gasteiger partial charge in [0.1, 0.15) is 12.4 Å². The van der Waals surface area contributed by atoms with Gasteiger partial charge in [-0.25, -0.2) is 8.42 Å². The van der Waals surface area contributed by atoms with Crippen molar-refractivity contribution < 1.29 is 13.2 Å². The summed E-state index contributed by atoms with van der Waals surface area (Å²) in [6.45, 7) is 6.56. The van der Waals surface area contributed by atoms with Crippen LogP contribution in [0.15, 0.2) is 58.8 Å². The van der Waals surface area contributed by atoms with Gasteiger partial charge in [0.25, 0.3) is 0 Å². The highest BCUT2D eigenvalue weighted by Crippen LogP contribution is 2.33. The van der Waals surface area contributed by atoms with E-state index in [1.54, 1.807) is 18.2 Å². The molecule has 4 rings (SSSR count). The van der Waals surface area contributed by atoms with Gasteiger partial charge in [-0.2, -0.15) is 0 Å². The lowest BCUT2D eigenvalue weighted by atomic mass is 10.2. The quantitative estimate of drug-likeness (QED) is 0.766. The lowest BCUT2D eigenvalue weighted by Crippen LogP contribution is -2.47. The number of nitrogens with zero attached hydrogens (tertiary/aromatic N) is 2. The summed E-state index contributed by atoms with van der Waals surface area (Å²) in [5, 5.41) is 1.25. The average molecular weight is 385 g/mol. The Labute approximate surface area is 160 Å². The van der Waals surface area contributed by atoms with E-state index >= 15 is 0 Å². The van der Waals surface area contributed by atoms with E-state index in [0.29, 0.717) is 22.8 Å². The molecule has 0 atom stereocenters. The van der Waals surface area contributed by atoms with Crippen molar-refractivity contribution >= 4 is 15.9 Å². The average Bonchev–Trinajstić information content (AvgIpc) is 3.00. The molecule has 0 aromatic heterocycles. The van der Waals surface area contributed by atoms with Gasteiger partial charge in [0.2, 0.25) is 9.84 Å². The lowest BCUT2D eigenvalue weighted by molar-refractivity contribution is 0.112. The second-order valence-corrected chi connectivity index (χ2v) is 8.77. The van der Waals surface area contributed by atoms with Crippen molar-refractivity contribution in [1.82, 2.24) is 9.80 Å². The maximum absolute atomic E-state index is 11.9. The SMILES string of the molecule is O=S1(=O)C=Cc2c(OCCN3CCN(Cc4ccccc4)CC3)cccc21. The van der Waals surface area contributed by atoms with Crippen LogP contribution >= 0.6 is 0 Å². The molecule has 0 N–H and O–H groups in total. The molecule has 2 aliphatic rings. The zero-order chi connectivity index (χ0) is 18.7. The van der Waals surface area contributed by atoms with E-state index < -0.39 is 9.84 Å². The first kappa shape index (κ1) is 18.2. The molecule has 0 saturated carbocycles. The third-order valence-electron chi connectivity index (χ3n) is 5.13. The zero-order valence-corrected chi connectivity index (χ0v) is 16.1. The van der Waals surface area contributed by atoms with Crippen molar-refractivity contribution in [2.45, 2.75) is 11.4 Å². The molecular formula is C21H24N2O3S. The molecule has 2 aromatic carbocycles. The predicted octanol–water partition coefficient (Wildman–Crippen LogP) is 2.64. The minimum Gasteiger partial charge on any atom is -0.492 e. The Morgan fingerprint density at radius 2 is 1.63 bits per heavy atom. The monoisotopic (exact) mass is 384 g/mol. The molecule has 6 heteroatoms. The van der Waals surface area contributed by atoms with Crippen LogP contribution in [0.2, 0.25) is 0 Å². The molecule has 2 aromatic rings. The standard InChI is InChI=1S/C21H24N2O3S/c24-27(25)16-9-19-20(7-4-8-21(19)27)26-15-14-22-10-12-23(13-11-22)17-18-5-2-1-3-6-18/h1-9,16H,10-15,17H2. The van der Waals surface area contributed by atoms with Crippen molar-refractivity contribution in [3.63, 3.8) is 0 Å². The smallest absolute Gasteiger partial charge is 0.200 e. The van der Waals surface area contributed by atoms with Crippen LogP contribution < -0.4 is 4.74 Å². The van der Waals surface area contributed by atoms with E-state index in [0.717, 1.165) is 39.3 Å². The minimum atomic E-state index is -3.28. The van der Waals surface area contributed by atoms with Crippen LogP contribution in [0.4, 0.5) is 0 Å². The molecule has 142 valence electrons. The molecule has 0 aliphatic carbocycles. The van der Waals surface area contributed by atoms with E-state index in [1.807, 2.05) is 6.07 Å². The van der Waals surface area contributed by atoms with Gasteiger partial charge in [0.15, 0.2) is 0 Å². The van der Waals surface area contributed by atoms with Crippen LogP contribution in [0.3, 0.4) is 0 Å². The van der Waals surface area contributed by atoms with Gasteiger partial charge >= 0.3 is 0 Å². The van der Waals surface area contributed by atoms with Crippen molar-refractivity contribution in [2.24, 2.45) is 0 Å². The van der Waals surface area contributed by atoms with Gasteiger partial charge in [-0.3, -0.25) is 9.80 Å². The third-order valence-corrected chi connectivity index (χ3v) is 6.59. The molecule has 1 fully saturated rings. The Kier molecular flexibility index (Phi) is 5.29. The van der Waals surface area contributed by atoms with E-state index in [2.05, 4.69) is 40.1 Å². The molecular weight excluding hydrogens is 360 g/mol. The fourth-order valence-corrected chi connectivity index (χ4v) is 4.80. The van der Waals surface area contributed by atoms with E-state index in [9.17, 15) is 8.42 Å². The normalized spacial score (nSPS) is 19.1. The Balaban J connectivity index is 1.25. The van der Waals surface area contributed by atoms with Gasteiger partial charge in [0, 0.05) is 50.2 Å². The Bertz CT molecular complexity index is 918. The molecule has 2 aliphatic heterocycles. The van der Waals surface area contributed by atoms with Gasteiger partial charge in [-0.1, -0.05) is 36.4 Å². The van der Waals surface area contributed by atoms with Crippen molar-refractivity contribution in [2.75, 3.05) is 39.3 Å². The number of fused-ring (bicyclic) bond motifs is 1. The van der Waals surface area contributed by atoms with Gasteiger partial charge < -0.3 is 4.74 Å². The molecule has 27 heavy (non-hydrogen) atoms. The first-order valence-electron chi connectivity index (χ1n) is 9.29. The molecule has 5 nitrogen and oxygen atoms in total. The third kappa shape index (κ3) is 4.24. The summed E-state index contributed by atoms with van der Waals surface area (Å²) in [6, 6.07) is 15.8. The first-order valence-corrected chi connectivity index (χ1v) is 10.8. The summed E-state index contributed by atoms with van der Waals surface area (Å²) in [6.07, 6.45) is 1.63. The van der Waals surface area contributed by atoms with Crippen molar-refractivity contribution in [1.29, 1.82) is 0 Å². The highest BCUT2D eigenvalue weighted by molar-refractivity contribution is 7.94. The predicted molar refractivity (Wildman–Crippen MR) is 106 cm³/mol. The first-order chi connectivity index (χ1) is 13.1. The van der Waals surface area contributed by atoms with Crippen molar-refractivity contribution in [3.8, 4) is 5.75 Å². The molecule has 0 bridgehead atoms. The van der Waals surface area contributed by atoms with Crippen LogP contribution in [0.5, 0.6) is 5.75 Å². The Morgan fingerprint density at radius 1 is 0.889 bits per heavy atom. The molecule has 0 amide bonds. The fraction of sp³-hybridized carbons (Fsp3) is 0.333. The minimum absolute atomic E-state index is 0.342. The molecule has 0 spiro atoms. The van der Waals surface area contributed by atoms with Crippen LogP contribution in [0.25, 0.3) is 6.08 Å². The number of benzene rings is 2. The Hall–Kier alpha value is -2.15. The summed E-state index contributed by atoms with van der Waals surface area (Å²) in [4.78, 5) is 5.22. The van der Waals surface area contributed by atoms with E-state index in [-0.39, 0.29) is 0 Å². The van der Waals surface area contributed by atoms with Gasteiger partial charge in [-0.15, -0.1) is 0 Å². The summed E-state index contributed by atoms with van der Waals surface area (Å²) >= 11 is 0. The van der Waals surface area contributed by atoms with Crippen molar-refractivity contribution in [3.05, 3.63) is 65.1 Å². The maximum Gasteiger partial charge on any atom is 0.200 e. The number of ether oxygens (including phenoxy) is 1. The Morgan fingerprint density at radius 3 is 2.41 bits per heavy atom. The number of hydrogen-bond donors (Lipinski definition) is 0. The summed E-state index contributed by atoms with van der Waals surface area (Å²) < 4.78 is 29.8. The largest absolute Gasteiger partial charge is 0.492 e. The highest BCUT2D eigenvalue weighted by Gasteiger charge is 2.23. The number of piperazine rings is 1. The maximum atomic E-state index is 11.9. The van der Waals surface area contributed by atoms with Crippen LogP contribution in [0, 0.1) is 0 Å². The molecule has 2 heterocycles.